The molecule has 0 amide bonds. The van der Waals surface area contributed by atoms with Crippen molar-refractivity contribution >= 4 is 10.9 Å². The van der Waals surface area contributed by atoms with E-state index in [1.807, 2.05) is 42.5 Å². The van der Waals surface area contributed by atoms with Crippen LogP contribution in [0.3, 0.4) is 0 Å². The second-order valence-corrected chi connectivity index (χ2v) is 6.04. The highest BCUT2D eigenvalue weighted by molar-refractivity contribution is 5.85. The first-order valence-electron chi connectivity index (χ1n) is 8.24. The van der Waals surface area contributed by atoms with Crippen LogP contribution in [0.5, 0.6) is 5.75 Å². The average molecular weight is 322 g/mol. The Balaban J connectivity index is 1.85. The molecule has 0 spiro atoms. The van der Waals surface area contributed by atoms with E-state index in [4.69, 9.17) is 4.74 Å². The number of aromatic hydroxyl groups is 1. The van der Waals surface area contributed by atoms with Crippen LogP contribution in [0, 0.1) is 0 Å². The van der Waals surface area contributed by atoms with Gasteiger partial charge in [-0.3, -0.25) is 9.97 Å². The quantitative estimate of drug-likeness (QED) is 0.764. The predicted octanol–water partition coefficient (Wildman–Crippen LogP) is 1.34. The number of pyridine rings is 2. The van der Waals surface area contributed by atoms with Crippen LogP contribution in [-0.2, 0) is 4.74 Å². The Labute approximate surface area is 140 Å². The molecule has 2 aromatic heterocycles. The van der Waals surface area contributed by atoms with Crippen molar-refractivity contribution in [2.75, 3.05) is 26.3 Å². The zero-order chi connectivity index (χ0) is 16.4. The minimum atomic E-state index is -0.0264. The molecule has 1 aromatic carbocycles. The van der Waals surface area contributed by atoms with Crippen molar-refractivity contribution in [1.29, 1.82) is 0 Å². The first-order chi connectivity index (χ1) is 11.8. The second kappa shape index (κ2) is 6.55. The van der Waals surface area contributed by atoms with Gasteiger partial charge in [0.25, 0.3) is 0 Å². The number of hydrogen-bond donors (Lipinski definition) is 2. The number of nitrogens with zero attached hydrogens (tertiary/aromatic N) is 2. The number of benzene rings is 1. The van der Waals surface area contributed by atoms with Crippen LogP contribution in [0.4, 0.5) is 0 Å². The van der Waals surface area contributed by atoms with Crippen molar-refractivity contribution in [3.8, 4) is 5.75 Å². The zero-order valence-corrected chi connectivity index (χ0v) is 13.4. The summed E-state index contributed by atoms with van der Waals surface area (Å²) < 4.78 is 5.51. The Bertz CT molecular complexity index is 832. The monoisotopic (exact) mass is 322 g/mol. The highest BCUT2D eigenvalue weighted by Gasteiger charge is 2.31. The zero-order valence-electron chi connectivity index (χ0n) is 13.4. The molecular weight excluding hydrogens is 302 g/mol. The summed E-state index contributed by atoms with van der Waals surface area (Å²) in [6.45, 7) is 3.23. The van der Waals surface area contributed by atoms with Crippen molar-refractivity contribution in [2.45, 2.75) is 6.04 Å². The van der Waals surface area contributed by atoms with Gasteiger partial charge >= 0.3 is 0 Å². The summed E-state index contributed by atoms with van der Waals surface area (Å²) in [5.41, 5.74) is 2.47. The van der Waals surface area contributed by atoms with Crippen LogP contribution in [0.2, 0.25) is 0 Å². The fraction of sp³-hybridized carbons (Fsp3) is 0.263. The molecule has 1 aliphatic heterocycles. The Kier molecular flexibility index (Phi) is 4.11. The highest BCUT2D eigenvalue weighted by atomic mass is 16.5. The molecule has 24 heavy (non-hydrogen) atoms. The van der Waals surface area contributed by atoms with Gasteiger partial charge in [-0.15, -0.1) is 0 Å². The van der Waals surface area contributed by atoms with E-state index < -0.39 is 0 Å². The van der Waals surface area contributed by atoms with Crippen LogP contribution in [-0.4, -0.2) is 41.4 Å². The maximum atomic E-state index is 10.9. The first-order valence-corrected chi connectivity index (χ1v) is 8.24. The number of nitrogens with one attached hydrogen (secondary N) is 1. The van der Waals surface area contributed by atoms with Gasteiger partial charge in [0.1, 0.15) is 24.3 Å². The summed E-state index contributed by atoms with van der Waals surface area (Å²) in [4.78, 5) is 10.3. The van der Waals surface area contributed by atoms with Crippen LogP contribution >= 0.6 is 0 Å². The Morgan fingerprint density at radius 1 is 0.958 bits per heavy atom. The first kappa shape index (κ1) is 15.1. The molecule has 0 aliphatic carbocycles. The number of fused-ring (bicyclic) bond motifs is 1. The van der Waals surface area contributed by atoms with Gasteiger partial charge in [0.15, 0.2) is 11.8 Å². The fourth-order valence-electron chi connectivity index (χ4n) is 3.44. The van der Waals surface area contributed by atoms with Crippen molar-refractivity contribution in [3.05, 3.63) is 66.1 Å². The van der Waals surface area contributed by atoms with Gasteiger partial charge in [0.05, 0.1) is 18.8 Å². The third-order valence-corrected chi connectivity index (χ3v) is 4.62. The number of quaternary nitrogens is 1. The number of morpholine rings is 1. The van der Waals surface area contributed by atoms with E-state index >= 15 is 0 Å². The average Bonchev–Trinajstić information content (AvgIpc) is 2.66. The molecule has 1 fully saturated rings. The van der Waals surface area contributed by atoms with Crippen molar-refractivity contribution < 1.29 is 14.7 Å². The van der Waals surface area contributed by atoms with Crippen LogP contribution in [0.25, 0.3) is 10.9 Å². The predicted molar refractivity (Wildman–Crippen MR) is 91.0 cm³/mol. The van der Waals surface area contributed by atoms with E-state index in [-0.39, 0.29) is 11.8 Å². The van der Waals surface area contributed by atoms with E-state index in [0.29, 0.717) is 5.52 Å². The van der Waals surface area contributed by atoms with Gasteiger partial charge in [-0.25, -0.2) is 0 Å². The van der Waals surface area contributed by atoms with Gasteiger partial charge in [0, 0.05) is 17.8 Å². The molecule has 5 nitrogen and oxygen atoms in total. The van der Waals surface area contributed by atoms with Gasteiger partial charge in [0.2, 0.25) is 0 Å². The number of aromatic nitrogens is 2. The number of hydrogen-bond acceptors (Lipinski definition) is 4. The van der Waals surface area contributed by atoms with E-state index in [1.54, 1.807) is 12.4 Å². The largest absolute Gasteiger partial charge is 0.505 e. The molecule has 1 saturated heterocycles. The Morgan fingerprint density at radius 2 is 1.79 bits per heavy atom. The van der Waals surface area contributed by atoms with Crippen LogP contribution in [0.1, 0.15) is 17.3 Å². The molecule has 122 valence electrons. The third kappa shape index (κ3) is 2.72. The lowest BCUT2D eigenvalue weighted by molar-refractivity contribution is -0.933. The molecular formula is C19H20N3O2+. The third-order valence-electron chi connectivity index (χ3n) is 4.62. The smallest absolute Gasteiger partial charge is 0.160 e. The van der Waals surface area contributed by atoms with Crippen molar-refractivity contribution in [2.24, 2.45) is 0 Å². The lowest BCUT2D eigenvalue weighted by Crippen LogP contribution is -3.14. The lowest BCUT2D eigenvalue weighted by atomic mass is 9.98. The van der Waals surface area contributed by atoms with Crippen LogP contribution < -0.4 is 4.90 Å². The highest BCUT2D eigenvalue weighted by Crippen LogP contribution is 2.32. The summed E-state index contributed by atoms with van der Waals surface area (Å²) in [7, 11) is 0. The Hall–Kier alpha value is -2.50. The summed E-state index contributed by atoms with van der Waals surface area (Å²) in [5, 5.41) is 11.8. The molecule has 3 heterocycles. The molecule has 3 aromatic rings. The molecule has 5 heteroatoms. The molecule has 0 bridgehead atoms. The summed E-state index contributed by atoms with van der Waals surface area (Å²) >= 11 is 0. The number of ether oxygens (including phenoxy) is 1. The van der Waals surface area contributed by atoms with E-state index in [9.17, 15) is 5.11 Å². The van der Waals surface area contributed by atoms with E-state index in [2.05, 4.69) is 9.97 Å². The molecule has 1 atom stereocenters. The summed E-state index contributed by atoms with van der Waals surface area (Å²) in [5.74, 6) is 0.253. The Morgan fingerprint density at radius 3 is 2.58 bits per heavy atom. The summed E-state index contributed by atoms with van der Waals surface area (Å²) in [6, 6.07) is 13.8. The van der Waals surface area contributed by atoms with Crippen molar-refractivity contribution in [1.82, 2.24) is 9.97 Å². The minimum absolute atomic E-state index is 0.0264. The maximum Gasteiger partial charge on any atom is 0.160 e. The summed E-state index contributed by atoms with van der Waals surface area (Å²) in [6.07, 6.45) is 3.52. The molecule has 4 rings (SSSR count). The van der Waals surface area contributed by atoms with E-state index in [0.717, 1.165) is 42.9 Å². The van der Waals surface area contributed by atoms with E-state index in [1.165, 1.54) is 4.90 Å². The van der Waals surface area contributed by atoms with Gasteiger partial charge in [-0.1, -0.05) is 18.2 Å². The maximum absolute atomic E-state index is 10.9. The van der Waals surface area contributed by atoms with Crippen LogP contribution in [0.15, 0.2) is 54.9 Å². The van der Waals surface area contributed by atoms with Gasteiger partial charge < -0.3 is 14.7 Å². The molecule has 0 saturated carbocycles. The molecule has 0 radical (unpaired) electrons. The topological polar surface area (TPSA) is 59.7 Å². The SMILES string of the molecule is Oc1c(C(c2ccccn2)[NH+]2CCOCC2)ccc2cccnc12. The number of phenols is 1. The standard InChI is InChI=1S/C19H19N3O2/c23-19-15(7-6-14-4-3-9-21-17(14)19)18(16-5-1-2-8-20-16)22-10-12-24-13-11-22/h1-9,18,23H,10-13H2/p+1. The van der Waals surface area contributed by atoms with Gasteiger partial charge in [-0.2, -0.15) is 0 Å². The van der Waals surface area contributed by atoms with Gasteiger partial charge in [-0.05, 0) is 24.3 Å². The normalized spacial score (nSPS) is 17.0. The molecule has 1 aliphatic rings. The lowest BCUT2D eigenvalue weighted by Gasteiger charge is -2.31. The number of rotatable bonds is 3. The fourth-order valence-corrected chi connectivity index (χ4v) is 3.44. The second-order valence-electron chi connectivity index (χ2n) is 6.04. The number of phenolic OH excluding ortho intramolecular Hbond substituents is 1. The van der Waals surface area contributed by atoms with Crippen molar-refractivity contribution in [3.63, 3.8) is 0 Å². The molecule has 2 N–H and O–H groups in total. The molecule has 1 unspecified atom stereocenters. The minimum Gasteiger partial charge on any atom is -0.505 e.